The first-order valence-electron chi connectivity index (χ1n) is 9.86. The monoisotopic (exact) mass is 397 g/mol. The van der Waals surface area contributed by atoms with Gasteiger partial charge < -0.3 is 0 Å². The molecule has 3 heterocycles. The Hall–Kier alpha value is -1.84. The topological polar surface area (TPSA) is 62.5 Å². The van der Waals surface area contributed by atoms with E-state index < -0.39 is 11.7 Å². The third-order valence-corrected chi connectivity index (χ3v) is 6.23. The first-order valence-corrected chi connectivity index (χ1v) is 9.86. The van der Waals surface area contributed by atoms with Crippen LogP contribution >= 0.6 is 0 Å². The summed E-state index contributed by atoms with van der Waals surface area (Å²) in [5, 5.41) is 3.33. The second kappa shape index (κ2) is 7.53. The molecule has 1 aliphatic carbocycles. The quantitative estimate of drug-likeness (QED) is 0.743. The molecule has 2 fully saturated rings. The zero-order valence-electron chi connectivity index (χ0n) is 15.8. The molecule has 0 bridgehead atoms. The number of hydrogen-bond donors (Lipinski definition) is 3. The summed E-state index contributed by atoms with van der Waals surface area (Å²) in [4.78, 5) is 12.8. The summed E-state index contributed by atoms with van der Waals surface area (Å²) in [6, 6.07) is 2.25. The highest BCUT2D eigenvalue weighted by atomic mass is 19.4. The average molecular weight is 397 g/mol. The van der Waals surface area contributed by atoms with Crippen LogP contribution in [0.3, 0.4) is 0 Å². The van der Waals surface area contributed by atoms with E-state index in [1.165, 1.54) is 23.0 Å². The molecule has 0 radical (unpaired) electrons. The number of nitrogens with zero attached hydrogens (tertiary/aromatic N) is 2. The molecule has 1 saturated heterocycles. The summed E-state index contributed by atoms with van der Waals surface area (Å²) < 4.78 is 42.6. The number of alkyl halides is 3. The van der Waals surface area contributed by atoms with Gasteiger partial charge in [0.1, 0.15) is 0 Å². The molecule has 9 heteroatoms. The van der Waals surface area contributed by atoms with Crippen LogP contribution in [0.5, 0.6) is 0 Å². The minimum atomic E-state index is -4.48. The van der Waals surface area contributed by atoms with Crippen LogP contribution in [0.1, 0.15) is 50.6 Å². The van der Waals surface area contributed by atoms with Crippen LogP contribution in [0.25, 0.3) is 5.52 Å². The van der Waals surface area contributed by atoms with Gasteiger partial charge in [-0.25, -0.2) is 15.6 Å². The number of rotatable bonds is 4. The standard InChI is InChI=1S/C19H26F3N5O/c1-12(8-17-23-11-24-25-17)13-4-2-5-14(9-13)27-10-16-15(19(20,21)22)6-3-7-26(16)18(27)28/h3,6-7,10,12-14,17,23-25H,2,4-5,8-9,11H2,1H3/t12-,13?,14?,17?/m1/s1. The van der Waals surface area contributed by atoms with Crippen molar-refractivity contribution in [1.29, 1.82) is 0 Å². The van der Waals surface area contributed by atoms with Gasteiger partial charge in [0.05, 0.1) is 23.9 Å². The number of imidazole rings is 1. The van der Waals surface area contributed by atoms with Gasteiger partial charge in [-0.05, 0) is 43.2 Å². The lowest BCUT2D eigenvalue weighted by Crippen LogP contribution is -2.37. The zero-order chi connectivity index (χ0) is 19.9. The van der Waals surface area contributed by atoms with E-state index in [9.17, 15) is 18.0 Å². The summed E-state index contributed by atoms with van der Waals surface area (Å²) in [7, 11) is 0. The second-order valence-corrected chi connectivity index (χ2v) is 8.04. The SMILES string of the molecule is C[C@H](CC1NCNN1)C1CCCC(n2cc3c(C(F)(F)F)cccn3c2=O)C1. The molecule has 4 atom stereocenters. The summed E-state index contributed by atoms with van der Waals surface area (Å²) in [6.07, 6.45) is 3.23. The summed E-state index contributed by atoms with van der Waals surface area (Å²) >= 11 is 0. The van der Waals surface area contributed by atoms with Crippen LogP contribution in [0, 0.1) is 11.8 Å². The largest absolute Gasteiger partial charge is 0.418 e. The van der Waals surface area contributed by atoms with Crippen molar-refractivity contribution in [3.05, 3.63) is 40.6 Å². The van der Waals surface area contributed by atoms with E-state index in [-0.39, 0.29) is 23.4 Å². The maximum atomic E-state index is 13.3. The van der Waals surface area contributed by atoms with E-state index in [1.807, 2.05) is 0 Å². The maximum Gasteiger partial charge on any atom is 0.418 e. The number of pyridine rings is 1. The number of aromatic nitrogens is 2. The van der Waals surface area contributed by atoms with Gasteiger partial charge in [-0.2, -0.15) is 13.2 Å². The van der Waals surface area contributed by atoms with Crippen molar-refractivity contribution < 1.29 is 13.2 Å². The molecule has 2 aromatic rings. The molecule has 3 unspecified atom stereocenters. The normalized spacial score (nSPS) is 27.4. The molecule has 0 amide bonds. The lowest BCUT2D eigenvalue weighted by atomic mass is 9.77. The van der Waals surface area contributed by atoms with Crippen LogP contribution in [0.4, 0.5) is 13.2 Å². The van der Waals surface area contributed by atoms with Gasteiger partial charge in [-0.3, -0.25) is 14.3 Å². The number of hydrogen-bond acceptors (Lipinski definition) is 4. The number of halogens is 3. The lowest BCUT2D eigenvalue weighted by Gasteiger charge is -2.34. The predicted octanol–water partition coefficient (Wildman–Crippen LogP) is 2.86. The molecule has 4 rings (SSSR count). The van der Waals surface area contributed by atoms with Crippen molar-refractivity contribution in [2.45, 2.75) is 57.4 Å². The summed E-state index contributed by atoms with van der Waals surface area (Å²) in [5.41, 5.74) is 5.02. The van der Waals surface area contributed by atoms with Crippen LogP contribution in [0.15, 0.2) is 29.3 Å². The number of hydrazine groups is 1. The fourth-order valence-corrected chi connectivity index (χ4v) is 4.71. The Morgan fingerprint density at radius 3 is 2.86 bits per heavy atom. The highest BCUT2D eigenvalue weighted by Crippen LogP contribution is 2.38. The van der Waals surface area contributed by atoms with E-state index in [1.54, 1.807) is 0 Å². The predicted molar refractivity (Wildman–Crippen MR) is 99.5 cm³/mol. The van der Waals surface area contributed by atoms with E-state index >= 15 is 0 Å². The van der Waals surface area contributed by atoms with Gasteiger partial charge >= 0.3 is 11.9 Å². The fourth-order valence-electron chi connectivity index (χ4n) is 4.71. The Morgan fingerprint density at radius 1 is 1.32 bits per heavy atom. The van der Waals surface area contributed by atoms with Crippen LogP contribution in [0.2, 0.25) is 0 Å². The molecule has 6 nitrogen and oxygen atoms in total. The van der Waals surface area contributed by atoms with Crippen molar-refractivity contribution in [2.75, 3.05) is 6.67 Å². The minimum Gasteiger partial charge on any atom is -0.295 e. The zero-order valence-corrected chi connectivity index (χ0v) is 15.8. The van der Waals surface area contributed by atoms with Crippen molar-refractivity contribution in [1.82, 2.24) is 25.1 Å². The molecule has 2 aliphatic rings. The highest BCUT2D eigenvalue weighted by Gasteiger charge is 2.35. The van der Waals surface area contributed by atoms with Gasteiger partial charge in [0.15, 0.2) is 0 Å². The highest BCUT2D eigenvalue weighted by molar-refractivity contribution is 5.54. The number of fused-ring (bicyclic) bond motifs is 1. The Labute approximate surface area is 161 Å². The third kappa shape index (κ3) is 3.70. The van der Waals surface area contributed by atoms with Crippen molar-refractivity contribution in [2.24, 2.45) is 11.8 Å². The molecular weight excluding hydrogens is 371 g/mol. The Bertz CT molecular complexity index is 884. The minimum absolute atomic E-state index is 0.0581. The van der Waals surface area contributed by atoms with E-state index in [0.29, 0.717) is 11.8 Å². The molecule has 2 aromatic heterocycles. The molecule has 1 saturated carbocycles. The first kappa shape index (κ1) is 19.5. The number of nitrogens with one attached hydrogen (secondary N) is 3. The smallest absolute Gasteiger partial charge is 0.295 e. The van der Waals surface area contributed by atoms with Crippen LogP contribution in [-0.4, -0.2) is 21.8 Å². The first-order chi connectivity index (χ1) is 13.3. The summed E-state index contributed by atoms with van der Waals surface area (Å²) in [6.45, 7) is 2.95. The Balaban J connectivity index is 1.57. The van der Waals surface area contributed by atoms with Crippen molar-refractivity contribution in [3.8, 4) is 0 Å². The van der Waals surface area contributed by atoms with Gasteiger partial charge in [0, 0.05) is 18.4 Å². The molecule has 1 aliphatic heterocycles. The molecule has 3 N–H and O–H groups in total. The molecule has 154 valence electrons. The van der Waals surface area contributed by atoms with E-state index in [4.69, 9.17) is 0 Å². The average Bonchev–Trinajstić information content (AvgIpc) is 3.29. The molecular formula is C19H26F3N5O. The maximum absolute atomic E-state index is 13.3. The Morgan fingerprint density at radius 2 is 2.14 bits per heavy atom. The molecule has 0 spiro atoms. The second-order valence-electron chi connectivity index (χ2n) is 8.04. The van der Waals surface area contributed by atoms with E-state index in [2.05, 4.69) is 23.1 Å². The molecule has 28 heavy (non-hydrogen) atoms. The van der Waals surface area contributed by atoms with Crippen molar-refractivity contribution in [3.63, 3.8) is 0 Å². The van der Waals surface area contributed by atoms with Crippen LogP contribution < -0.4 is 21.9 Å². The van der Waals surface area contributed by atoms with Gasteiger partial charge in [-0.15, -0.1) is 0 Å². The molecule has 0 aromatic carbocycles. The van der Waals surface area contributed by atoms with Gasteiger partial charge in [0.25, 0.3) is 0 Å². The van der Waals surface area contributed by atoms with Crippen LogP contribution in [-0.2, 0) is 6.18 Å². The van der Waals surface area contributed by atoms with Crippen molar-refractivity contribution >= 4 is 5.52 Å². The summed E-state index contributed by atoms with van der Waals surface area (Å²) in [5.74, 6) is 0.895. The van der Waals surface area contributed by atoms with E-state index in [0.717, 1.165) is 49.2 Å². The third-order valence-electron chi connectivity index (χ3n) is 6.23. The van der Waals surface area contributed by atoms with Gasteiger partial charge in [0.2, 0.25) is 0 Å². The van der Waals surface area contributed by atoms with Gasteiger partial charge in [-0.1, -0.05) is 19.8 Å². The lowest BCUT2D eigenvalue weighted by molar-refractivity contribution is -0.136. The Kier molecular flexibility index (Phi) is 5.24. The fraction of sp³-hybridized carbons (Fsp3) is 0.632.